The predicted molar refractivity (Wildman–Crippen MR) is 100 cm³/mol. The van der Waals surface area contributed by atoms with Crippen molar-refractivity contribution in [2.45, 2.75) is 6.92 Å². The molecule has 2 amide bonds. The highest BCUT2D eigenvalue weighted by atomic mass is 19.1. The topological polar surface area (TPSA) is 96.0 Å². The molecule has 3 aromatic rings. The van der Waals surface area contributed by atoms with Crippen LogP contribution < -0.4 is 16.0 Å². The van der Waals surface area contributed by atoms with E-state index in [9.17, 15) is 18.4 Å². The third-order valence-electron chi connectivity index (χ3n) is 3.55. The molecule has 0 atom stereocenters. The van der Waals surface area contributed by atoms with Gasteiger partial charge in [0.15, 0.2) is 11.5 Å². The minimum atomic E-state index is -0.775. The van der Waals surface area contributed by atoms with Crippen molar-refractivity contribution in [2.75, 3.05) is 16.0 Å². The molecule has 0 saturated heterocycles. The number of nitrogens with one attached hydrogen (secondary N) is 3. The van der Waals surface area contributed by atoms with Crippen molar-refractivity contribution in [3.63, 3.8) is 0 Å². The number of anilines is 4. The highest BCUT2D eigenvalue weighted by Crippen LogP contribution is 2.22. The highest BCUT2D eigenvalue weighted by Gasteiger charge is 2.12. The molecular formula is C19H15F2N5O2. The van der Waals surface area contributed by atoms with Crippen molar-refractivity contribution in [3.8, 4) is 0 Å². The van der Waals surface area contributed by atoms with Crippen molar-refractivity contribution in [3.05, 3.63) is 71.9 Å². The van der Waals surface area contributed by atoms with Crippen LogP contribution in [-0.2, 0) is 4.79 Å². The van der Waals surface area contributed by atoms with E-state index in [1.807, 2.05) is 0 Å². The van der Waals surface area contributed by atoms with Gasteiger partial charge in [-0.05, 0) is 42.5 Å². The normalized spacial score (nSPS) is 10.2. The highest BCUT2D eigenvalue weighted by molar-refractivity contribution is 6.03. The quantitative estimate of drug-likeness (QED) is 0.624. The van der Waals surface area contributed by atoms with E-state index < -0.39 is 17.5 Å². The van der Waals surface area contributed by atoms with Gasteiger partial charge in [0.05, 0.1) is 0 Å². The molecule has 3 N–H and O–H groups in total. The number of para-hydroxylation sites is 1. The molecule has 0 aliphatic carbocycles. The van der Waals surface area contributed by atoms with E-state index in [1.165, 1.54) is 25.1 Å². The van der Waals surface area contributed by atoms with Gasteiger partial charge in [0.25, 0.3) is 5.91 Å². The van der Waals surface area contributed by atoms with Gasteiger partial charge in [-0.25, -0.2) is 8.78 Å². The second kappa shape index (κ2) is 8.21. The molecule has 142 valence electrons. The fraction of sp³-hybridized carbons (Fsp3) is 0.0526. The number of nitrogens with zero attached hydrogens (tertiary/aromatic N) is 2. The van der Waals surface area contributed by atoms with Crippen molar-refractivity contribution in [2.24, 2.45) is 0 Å². The van der Waals surface area contributed by atoms with Gasteiger partial charge in [-0.3, -0.25) is 9.59 Å². The van der Waals surface area contributed by atoms with Crippen molar-refractivity contribution < 1.29 is 18.4 Å². The monoisotopic (exact) mass is 383 g/mol. The summed E-state index contributed by atoms with van der Waals surface area (Å²) in [5.41, 5.74) is 0.629. The lowest BCUT2D eigenvalue weighted by molar-refractivity contribution is -0.114. The van der Waals surface area contributed by atoms with Gasteiger partial charge in [-0.2, -0.15) is 0 Å². The van der Waals surface area contributed by atoms with E-state index in [-0.39, 0.29) is 23.1 Å². The number of benzene rings is 2. The Hall–Kier alpha value is -3.88. The first-order chi connectivity index (χ1) is 13.4. The Morgan fingerprint density at radius 2 is 1.50 bits per heavy atom. The van der Waals surface area contributed by atoms with E-state index >= 15 is 0 Å². The summed E-state index contributed by atoms with van der Waals surface area (Å²) in [7, 11) is 0. The summed E-state index contributed by atoms with van der Waals surface area (Å²) in [6, 6.07) is 12.8. The molecule has 0 radical (unpaired) electrons. The van der Waals surface area contributed by atoms with Crippen LogP contribution in [0.4, 0.5) is 31.7 Å². The van der Waals surface area contributed by atoms with Gasteiger partial charge >= 0.3 is 0 Å². The Morgan fingerprint density at radius 3 is 2.11 bits per heavy atom. The second-order valence-electron chi connectivity index (χ2n) is 5.74. The van der Waals surface area contributed by atoms with Crippen LogP contribution in [0.1, 0.15) is 17.4 Å². The van der Waals surface area contributed by atoms with Crippen molar-refractivity contribution in [1.82, 2.24) is 10.2 Å². The zero-order chi connectivity index (χ0) is 20.1. The molecule has 0 spiro atoms. The summed E-state index contributed by atoms with van der Waals surface area (Å²) < 4.78 is 27.3. The maximum atomic E-state index is 13.7. The third-order valence-corrected chi connectivity index (χ3v) is 3.55. The number of aromatic nitrogens is 2. The lowest BCUT2D eigenvalue weighted by Crippen LogP contribution is -2.15. The molecule has 9 heteroatoms. The van der Waals surface area contributed by atoms with Gasteiger partial charge in [-0.1, -0.05) is 12.1 Å². The number of amides is 2. The summed E-state index contributed by atoms with van der Waals surface area (Å²) in [6.07, 6.45) is 0. The van der Waals surface area contributed by atoms with Crippen LogP contribution in [-0.4, -0.2) is 22.0 Å². The van der Waals surface area contributed by atoms with E-state index in [0.717, 1.165) is 12.1 Å². The van der Waals surface area contributed by atoms with Gasteiger partial charge < -0.3 is 16.0 Å². The smallest absolute Gasteiger partial charge is 0.276 e. The number of rotatable bonds is 5. The van der Waals surface area contributed by atoms with Gasteiger partial charge in [0.1, 0.15) is 17.3 Å². The summed E-state index contributed by atoms with van der Waals surface area (Å²) in [6.45, 7) is 1.38. The molecule has 1 aromatic heterocycles. The van der Waals surface area contributed by atoms with Crippen LogP contribution in [0, 0.1) is 11.6 Å². The molecule has 0 bridgehead atoms. The molecule has 2 aromatic carbocycles. The number of carbonyl (C=O) groups is 2. The largest absolute Gasteiger partial charge is 0.334 e. The minimum absolute atomic E-state index is 0.00415. The lowest BCUT2D eigenvalue weighted by Gasteiger charge is -2.09. The number of hydrogen-bond acceptors (Lipinski definition) is 5. The fourth-order valence-electron chi connectivity index (χ4n) is 2.34. The second-order valence-corrected chi connectivity index (χ2v) is 5.74. The molecule has 0 saturated carbocycles. The van der Waals surface area contributed by atoms with Crippen LogP contribution in [0.15, 0.2) is 54.6 Å². The van der Waals surface area contributed by atoms with E-state index in [2.05, 4.69) is 26.1 Å². The van der Waals surface area contributed by atoms with Gasteiger partial charge in [0.2, 0.25) is 5.91 Å². The Bertz CT molecular complexity index is 1000. The van der Waals surface area contributed by atoms with Crippen molar-refractivity contribution >= 4 is 34.7 Å². The summed E-state index contributed by atoms with van der Waals surface area (Å²) in [5, 5.41) is 15.2. The number of carbonyl (C=O) groups excluding carboxylic acids is 2. The molecule has 1 heterocycles. The van der Waals surface area contributed by atoms with Gasteiger partial charge in [0, 0.05) is 18.3 Å². The number of halogens is 2. The zero-order valence-corrected chi connectivity index (χ0v) is 14.7. The van der Waals surface area contributed by atoms with Crippen LogP contribution in [0.25, 0.3) is 0 Å². The lowest BCUT2D eigenvalue weighted by atomic mass is 10.2. The molecule has 0 aliphatic heterocycles. The SMILES string of the molecule is CC(=O)Nc1cccc(NC(=O)c2ccc(Nc3c(F)cccc3F)nn2)c1. The van der Waals surface area contributed by atoms with Crippen LogP contribution in [0.3, 0.4) is 0 Å². The minimum Gasteiger partial charge on any atom is -0.334 e. The molecule has 0 aliphatic rings. The standard InChI is InChI=1S/C19H15F2N5O2/c1-11(27)22-12-4-2-5-13(10-12)23-19(28)16-8-9-17(26-25-16)24-18-14(20)6-3-7-15(18)21/h2-10H,1H3,(H,22,27)(H,23,28)(H,24,26). The third kappa shape index (κ3) is 4.64. The maximum absolute atomic E-state index is 13.7. The molecule has 28 heavy (non-hydrogen) atoms. The molecule has 0 fully saturated rings. The first-order valence-electron chi connectivity index (χ1n) is 8.16. The first-order valence-corrected chi connectivity index (χ1v) is 8.16. The Kier molecular flexibility index (Phi) is 5.54. The van der Waals surface area contributed by atoms with Crippen molar-refractivity contribution in [1.29, 1.82) is 0 Å². The van der Waals surface area contributed by atoms with Crippen LogP contribution >= 0.6 is 0 Å². The predicted octanol–water partition coefficient (Wildman–Crippen LogP) is 3.71. The Labute approximate surface area is 158 Å². The average Bonchev–Trinajstić information content (AvgIpc) is 2.65. The van der Waals surface area contributed by atoms with Crippen LogP contribution in [0.5, 0.6) is 0 Å². The molecular weight excluding hydrogens is 368 g/mol. The Balaban J connectivity index is 1.69. The summed E-state index contributed by atoms with van der Waals surface area (Å²) in [5.74, 6) is -2.24. The van der Waals surface area contributed by atoms with E-state index in [1.54, 1.807) is 24.3 Å². The molecule has 3 rings (SSSR count). The number of hydrogen-bond donors (Lipinski definition) is 3. The summed E-state index contributed by atoms with van der Waals surface area (Å²) in [4.78, 5) is 23.4. The molecule has 0 unspecified atom stereocenters. The zero-order valence-electron chi connectivity index (χ0n) is 14.7. The Morgan fingerprint density at radius 1 is 0.857 bits per heavy atom. The fourth-order valence-corrected chi connectivity index (χ4v) is 2.34. The average molecular weight is 383 g/mol. The van der Waals surface area contributed by atoms with Gasteiger partial charge in [-0.15, -0.1) is 10.2 Å². The first kappa shape index (κ1) is 18.9. The molecule has 7 nitrogen and oxygen atoms in total. The maximum Gasteiger partial charge on any atom is 0.276 e. The van der Waals surface area contributed by atoms with Crippen LogP contribution in [0.2, 0.25) is 0 Å². The van der Waals surface area contributed by atoms with E-state index in [0.29, 0.717) is 11.4 Å². The van der Waals surface area contributed by atoms with E-state index in [4.69, 9.17) is 0 Å². The summed E-state index contributed by atoms with van der Waals surface area (Å²) >= 11 is 0.